The Labute approximate surface area is 174 Å². The molecule has 0 bridgehead atoms. The first-order valence-electron chi connectivity index (χ1n) is 11.8. The third-order valence-corrected chi connectivity index (χ3v) is 10.3. The van der Waals surface area contributed by atoms with E-state index in [1.54, 1.807) is 0 Å². The van der Waals surface area contributed by atoms with E-state index in [0.29, 0.717) is 30.1 Å². The van der Waals surface area contributed by atoms with Gasteiger partial charge in [-0.2, -0.15) is 0 Å². The molecule has 4 rings (SSSR count). The molecule has 0 aromatic heterocycles. The summed E-state index contributed by atoms with van der Waals surface area (Å²) in [6.07, 6.45) is 6.00. The lowest BCUT2D eigenvalue weighted by molar-refractivity contribution is -0.207. The molecule has 11 atom stereocenters. The maximum Gasteiger partial charge on any atom is 0.303 e. The molecule has 4 aliphatic rings. The fourth-order valence-electron chi connectivity index (χ4n) is 8.68. The van der Waals surface area contributed by atoms with E-state index in [2.05, 4.69) is 20.8 Å². The fourth-order valence-corrected chi connectivity index (χ4v) is 8.68. The van der Waals surface area contributed by atoms with Gasteiger partial charge in [-0.15, -0.1) is 0 Å². The normalized spacial score (nSPS) is 52.9. The zero-order chi connectivity index (χ0) is 21.1. The van der Waals surface area contributed by atoms with Crippen LogP contribution in [0.25, 0.3) is 0 Å². The SMILES string of the molecule is C[C@@H](CCC(=O)O)[C@@H]1CC[C@H]2[C@@H]3[C@H](O)C[C@@H]4C[C@H](O)CC[C@]4(C)[C@H]3C[C@H](O)[C@@]21C. The highest BCUT2D eigenvalue weighted by atomic mass is 16.4. The highest BCUT2D eigenvalue weighted by molar-refractivity contribution is 5.66. The van der Waals surface area contributed by atoms with Crippen LogP contribution in [0, 0.1) is 46.3 Å². The van der Waals surface area contributed by atoms with Crippen LogP contribution in [0.5, 0.6) is 0 Å². The van der Waals surface area contributed by atoms with Crippen LogP contribution in [0.4, 0.5) is 0 Å². The van der Waals surface area contributed by atoms with Gasteiger partial charge in [0.2, 0.25) is 0 Å². The summed E-state index contributed by atoms with van der Waals surface area (Å²) in [6, 6.07) is 0. The van der Waals surface area contributed by atoms with Gasteiger partial charge in [-0.05, 0) is 97.7 Å². The van der Waals surface area contributed by atoms with E-state index in [4.69, 9.17) is 5.11 Å². The van der Waals surface area contributed by atoms with Crippen LogP contribution in [0.15, 0.2) is 0 Å². The van der Waals surface area contributed by atoms with Crippen molar-refractivity contribution in [2.75, 3.05) is 0 Å². The van der Waals surface area contributed by atoms with Crippen molar-refractivity contribution in [3.05, 3.63) is 0 Å². The average molecular weight is 409 g/mol. The topological polar surface area (TPSA) is 98.0 Å². The minimum absolute atomic E-state index is 0.0957. The van der Waals surface area contributed by atoms with Crippen molar-refractivity contribution in [1.29, 1.82) is 0 Å². The molecule has 4 N–H and O–H groups in total. The van der Waals surface area contributed by atoms with Crippen LogP contribution in [-0.2, 0) is 4.79 Å². The van der Waals surface area contributed by atoms with Gasteiger partial charge in [0.25, 0.3) is 0 Å². The van der Waals surface area contributed by atoms with E-state index in [0.717, 1.165) is 44.9 Å². The zero-order valence-corrected chi connectivity index (χ0v) is 18.3. The highest BCUT2D eigenvalue weighted by Gasteiger charge is 2.65. The summed E-state index contributed by atoms with van der Waals surface area (Å²) in [5.74, 6) is 0.997. The third kappa shape index (κ3) is 3.27. The Balaban J connectivity index is 1.61. The van der Waals surface area contributed by atoms with Crippen LogP contribution < -0.4 is 0 Å². The first-order valence-corrected chi connectivity index (χ1v) is 11.8. The quantitative estimate of drug-likeness (QED) is 0.571. The van der Waals surface area contributed by atoms with E-state index < -0.39 is 12.1 Å². The summed E-state index contributed by atoms with van der Waals surface area (Å²) >= 11 is 0. The van der Waals surface area contributed by atoms with Gasteiger partial charge in [0.05, 0.1) is 18.3 Å². The average Bonchev–Trinajstić information content (AvgIpc) is 3.01. The molecule has 0 unspecified atom stereocenters. The minimum Gasteiger partial charge on any atom is -0.481 e. The lowest BCUT2D eigenvalue weighted by Crippen LogP contribution is -2.62. The number of aliphatic hydroxyl groups is 3. The second-order valence-corrected chi connectivity index (χ2v) is 11.4. The van der Waals surface area contributed by atoms with Crippen molar-refractivity contribution >= 4 is 5.97 Å². The molecule has 29 heavy (non-hydrogen) atoms. The molecule has 4 fully saturated rings. The Morgan fingerprint density at radius 2 is 1.76 bits per heavy atom. The van der Waals surface area contributed by atoms with Crippen LogP contribution in [0.2, 0.25) is 0 Å². The van der Waals surface area contributed by atoms with Crippen molar-refractivity contribution in [2.45, 2.75) is 96.9 Å². The van der Waals surface area contributed by atoms with Crippen molar-refractivity contribution in [3.8, 4) is 0 Å². The fraction of sp³-hybridized carbons (Fsp3) is 0.958. The summed E-state index contributed by atoms with van der Waals surface area (Å²) in [5, 5.41) is 42.0. The summed E-state index contributed by atoms with van der Waals surface area (Å²) in [6.45, 7) is 6.72. The third-order valence-electron chi connectivity index (χ3n) is 10.3. The van der Waals surface area contributed by atoms with Gasteiger partial charge in [0.1, 0.15) is 0 Å². The predicted molar refractivity (Wildman–Crippen MR) is 110 cm³/mol. The van der Waals surface area contributed by atoms with E-state index in [1.807, 2.05) is 0 Å². The molecule has 0 aliphatic heterocycles. The summed E-state index contributed by atoms with van der Waals surface area (Å²) in [7, 11) is 0. The second-order valence-electron chi connectivity index (χ2n) is 11.4. The maximum atomic E-state index is 11.5. The van der Waals surface area contributed by atoms with E-state index >= 15 is 0 Å². The van der Waals surface area contributed by atoms with Gasteiger partial charge in [0.15, 0.2) is 0 Å². The Bertz CT molecular complexity index is 637. The molecule has 5 nitrogen and oxygen atoms in total. The molecule has 166 valence electrons. The molecular weight excluding hydrogens is 368 g/mol. The number of hydrogen-bond donors (Lipinski definition) is 4. The highest BCUT2D eigenvalue weighted by Crippen LogP contribution is 2.68. The van der Waals surface area contributed by atoms with E-state index in [-0.39, 0.29) is 41.3 Å². The van der Waals surface area contributed by atoms with Crippen LogP contribution in [-0.4, -0.2) is 44.7 Å². The van der Waals surface area contributed by atoms with Gasteiger partial charge in [-0.25, -0.2) is 0 Å². The molecule has 4 aliphatic carbocycles. The number of carboxylic acids is 1. The van der Waals surface area contributed by atoms with E-state index in [1.165, 1.54) is 0 Å². The van der Waals surface area contributed by atoms with Crippen LogP contribution in [0.3, 0.4) is 0 Å². The second kappa shape index (κ2) is 7.49. The molecule has 0 radical (unpaired) electrons. The largest absolute Gasteiger partial charge is 0.481 e. The lowest BCUT2D eigenvalue weighted by atomic mass is 9.43. The molecule has 0 saturated heterocycles. The molecule has 0 spiro atoms. The Kier molecular flexibility index (Phi) is 5.57. The first kappa shape index (κ1) is 21.6. The number of carbonyl (C=O) groups is 1. The number of fused-ring (bicyclic) bond motifs is 5. The van der Waals surface area contributed by atoms with Crippen molar-refractivity contribution < 1.29 is 25.2 Å². The van der Waals surface area contributed by atoms with Gasteiger partial charge in [0, 0.05) is 6.42 Å². The molecule has 5 heteroatoms. The first-order chi connectivity index (χ1) is 13.6. The van der Waals surface area contributed by atoms with E-state index in [9.17, 15) is 20.1 Å². The van der Waals surface area contributed by atoms with Gasteiger partial charge >= 0.3 is 5.97 Å². The lowest BCUT2D eigenvalue weighted by Gasteiger charge is -2.63. The minimum atomic E-state index is -0.748. The Hall–Kier alpha value is -0.650. The summed E-state index contributed by atoms with van der Waals surface area (Å²) in [5.41, 5.74) is -0.143. The number of rotatable bonds is 4. The summed E-state index contributed by atoms with van der Waals surface area (Å²) in [4.78, 5) is 11.1. The Morgan fingerprint density at radius 3 is 2.45 bits per heavy atom. The number of aliphatic hydroxyl groups excluding tert-OH is 3. The van der Waals surface area contributed by atoms with Gasteiger partial charge in [-0.3, -0.25) is 4.79 Å². The molecule has 0 aromatic rings. The predicted octanol–water partition coefficient (Wildman–Crippen LogP) is 3.45. The summed E-state index contributed by atoms with van der Waals surface area (Å²) < 4.78 is 0. The molecular formula is C24H40O5. The standard InChI is InChI=1S/C24H40O5/c1-13(4-7-21(28)29)16-5-6-17-22-18(12-20(27)24(16,17)3)23(2)9-8-15(25)10-14(23)11-19(22)26/h13-20,22,25-27H,4-12H2,1-3H3,(H,28,29)/t13-,14-,15+,16-,17-,18-,19+,20-,22-,23-,24+/m0/s1. The number of hydrogen-bond acceptors (Lipinski definition) is 4. The van der Waals surface area contributed by atoms with Crippen LogP contribution >= 0.6 is 0 Å². The molecule has 4 saturated carbocycles. The monoisotopic (exact) mass is 408 g/mol. The number of carboxylic acid groups (broad SMARTS) is 1. The van der Waals surface area contributed by atoms with Crippen molar-refractivity contribution in [1.82, 2.24) is 0 Å². The Morgan fingerprint density at radius 1 is 1.03 bits per heavy atom. The van der Waals surface area contributed by atoms with Crippen molar-refractivity contribution in [3.63, 3.8) is 0 Å². The zero-order valence-electron chi connectivity index (χ0n) is 18.3. The molecule has 0 heterocycles. The maximum absolute atomic E-state index is 11.5. The van der Waals surface area contributed by atoms with Crippen molar-refractivity contribution in [2.24, 2.45) is 46.3 Å². The molecule has 0 amide bonds. The smallest absolute Gasteiger partial charge is 0.303 e. The number of aliphatic carboxylic acids is 1. The van der Waals surface area contributed by atoms with Gasteiger partial charge < -0.3 is 20.4 Å². The van der Waals surface area contributed by atoms with Crippen LogP contribution in [0.1, 0.15) is 78.6 Å². The van der Waals surface area contributed by atoms with Gasteiger partial charge in [-0.1, -0.05) is 20.8 Å². The molecule has 0 aromatic carbocycles.